The summed E-state index contributed by atoms with van der Waals surface area (Å²) >= 11 is 11.7. The highest BCUT2D eigenvalue weighted by molar-refractivity contribution is 6.34. The fourth-order valence-corrected chi connectivity index (χ4v) is 1.70. The van der Waals surface area contributed by atoms with Gasteiger partial charge in [-0.15, -0.1) is 0 Å². The lowest BCUT2D eigenvalue weighted by Gasteiger charge is -2.23. The van der Waals surface area contributed by atoms with Crippen molar-refractivity contribution in [3.63, 3.8) is 0 Å². The van der Waals surface area contributed by atoms with Crippen LogP contribution in [0.1, 0.15) is 18.3 Å². The molecule has 2 rings (SSSR count). The maximum atomic E-state index is 5.87. The first-order valence-electron chi connectivity index (χ1n) is 4.18. The van der Waals surface area contributed by atoms with E-state index in [-0.39, 0.29) is 10.3 Å². The van der Waals surface area contributed by atoms with E-state index in [1.165, 1.54) is 6.33 Å². The molecule has 0 N–H and O–H groups in total. The maximum Gasteiger partial charge on any atom is 0.189 e. The van der Waals surface area contributed by atoms with Gasteiger partial charge in [-0.2, -0.15) is 0 Å². The van der Waals surface area contributed by atoms with Crippen LogP contribution in [0.4, 0.5) is 0 Å². The van der Waals surface area contributed by atoms with Gasteiger partial charge in [-0.25, -0.2) is 9.97 Å². The van der Waals surface area contributed by atoms with Crippen molar-refractivity contribution >= 4 is 23.2 Å². The summed E-state index contributed by atoms with van der Waals surface area (Å²) in [6.07, 6.45) is 1.64. The SMILES string of the molecule is Clc1ncnc(Cl)c1C1OCCCO1. The lowest BCUT2D eigenvalue weighted by molar-refractivity contribution is -0.183. The topological polar surface area (TPSA) is 44.2 Å². The van der Waals surface area contributed by atoms with Crippen molar-refractivity contribution < 1.29 is 9.47 Å². The minimum atomic E-state index is -0.537. The second kappa shape index (κ2) is 4.40. The number of hydrogen-bond acceptors (Lipinski definition) is 4. The summed E-state index contributed by atoms with van der Waals surface area (Å²) in [7, 11) is 0. The van der Waals surface area contributed by atoms with Gasteiger partial charge in [-0.3, -0.25) is 0 Å². The Hall–Kier alpha value is -0.420. The Balaban J connectivity index is 2.29. The Morgan fingerprint density at radius 2 is 1.71 bits per heavy atom. The fraction of sp³-hybridized carbons (Fsp3) is 0.500. The molecule has 1 aromatic rings. The third-order valence-corrected chi connectivity index (χ3v) is 2.45. The molecule has 76 valence electrons. The lowest BCUT2D eigenvalue weighted by atomic mass is 10.3. The zero-order chi connectivity index (χ0) is 9.97. The van der Waals surface area contributed by atoms with E-state index in [0.29, 0.717) is 18.8 Å². The Labute approximate surface area is 91.2 Å². The van der Waals surface area contributed by atoms with Gasteiger partial charge in [0.25, 0.3) is 0 Å². The Bertz CT molecular complexity index is 309. The molecule has 1 aliphatic rings. The molecule has 1 aromatic heterocycles. The Morgan fingerprint density at radius 1 is 1.14 bits per heavy atom. The van der Waals surface area contributed by atoms with E-state index in [1.807, 2.05) is 0 Å². The van der Waals surface area contributed by atoms with E-state index in [2.05, 4.69) is 9.97 Å². The van der Waals surface area contributed by atoms with E-state index < -0.39 is 6.29 Å². The van der Waals surface area contributed by atoms with E-state index in [1.54, 1.807) is 0 Å². The summed E-state index contributed by atoms with van der Waals surface area (Å²) in [6, 6.07) is 0. The summed E-state index contributed by atoms with van der Waals surface area (Å²) in [5.41, 5.74) is 0.510. The molecule has 0 saturated carbocycles. The molecule has 14 heavy (non-hydrogen) atoms. The molecule has 0 spiro atoms. The first-order chi connectivity index (χ1) is 6.79. The molecule has 2 heterocycles. The molecule has 0 aromatic carbocycles. The molecule has 0 radical (unpaired) electrons. The largest absolute Gasteiger partial charge is 0.348 e. The van der Waals surface area contributed by atoms with E-state index in [0.717, 1.165) is 6.42 Å². The molecule has 6 heteroatoms. The van der Waals surface area contributed by atoms with Crippen LogP contribution < -0.4 is 0 Å². The highest BCUT2D eigenvalue weighted by Gasteiger charge is 2.23. The number of rotatable bonds is 1. The quantitative estimate of drug-likeness (QED) is 0.700. The number of halogens is 2. The van der Waals surface area contributed by atoms with Gasteiger partial charge < -0.3 is 9.47 Å². The first kappa shape index (κ1) is 10.1. The predicted octanol–water partition coefficient (Wildman–Crippen LogP) is 2.22. The number of nitrogens with zero attached hydrogens (tertiary/aromatic N) is 2. The second-order valence-electron chi connectivity index (χ2n) is 2.80. The highest BCUT2D eigenvalue weighted by Crippen LogP contribution is 2.31. The van der Waals surface area contributed by atoms with Gasteiger partial charge in [0.1, 0.15) is 16.6 Å². The van der Waals surface area contributed by atoms with Gasteiger partial charge in [0, 0.05) is 0 Å². The molecule has 0 aliphatic carbocycles. The van der Waals surface area contributed by atoms with Gasteiger partial charge in [0.05, 0.1) is 18.8 Å². The molecule has 0 bridgehead atoms. The third kappa shape index (κ3) is 1.98. The average Bonchev–Trinajstić information content (AvgIpc) is 2.19. The normalized spacial score (nSPS) is 18.4. The molecule has 4 nitrogen and oxygen atoms in total. The van der Waals surface area contributed by atoms with Crippen molar-refractivity contribution in [3.05, 3.63) is 22.2 Å². The zero-order valence-corrected chi connectivity index (χ0v) is 8.75. The van der Waals surface area contributed by atoms with Crippen LogP contribution in [0.15, 0.2) is 6.33 Å². The van der Waals surface area contributed by atoms with E-state index in [9.17, 15) is 0 Å². The molecule has 0 atom stereocenters. The number of hydrogen-bond donors (Lipinski definition) is 0. The first-order valence-corrected chi connectivity index (χ1v) is 4.93. The van der Waals surface area contributed by atoms with Crippen molar-refractivity contribution in [2.24, 2.45) is 0 Å². The average molecular weight is 235 g/mol. The molecule has 0 amide bonds. The standard InChI is InChI=1S/C8H8Cl2N2O2/c9-6-5(7(10)12-4-11-6)8-13-2-1-3-14-8/h4,8H,1-3H2. The summed E-state index contributed by atoms with van der Waals surface area (Å²) in [6.45, 7) is 1.26. The molecule has 1 saturated heterocycles. The molecular weight excluding hydrogens is 227 g/mol. The summed E-state index contributed by atoms with van der Waals surface area (Å²) in [5, 5.41) is 0.550. The third-order valence-electron chi connectivity index (χ3n) is 1.85. The second-order valence-corrected chi connectivity index (χ2v) is 3.51. The van der Waals surface area contributed by atoms with E-state index >= 15 is 0 Å². The van der Waals surface area contributed by atoms with Crippen molar-refractivity contribution in [1.82, 2.24) is 9.97 Å². The van der Waals surface area contributed by atoms with Gasteiger partial charge in [-0.1, -0.05) is 23.2 Å². The maximum absolute atomic E-state index is 5.87. The smallest absolute Gasteiger partial charge is 0.189 e. The molecular formula is C8H8Cl2N2O2. The van der Waals surface area contributed by atoms with Crippen molar-refractivity contribution in [1.29, 1.82) is 0 Å². The predicted molar refractivity (Wildman–Crippen MR) is 51.3 cm³/mol. The lowest BCUT2D eigenvalue weighted by Crippen LogP contribution is -2.19. The van der Waals surface area contributed by atoms with Crippen LogP contribution >= 0.6 is 23.2 Å². The summed E-state index contributed by atoms with van der Waals surface area (Å²) in [4.78, 5) is 7.65. The van der Waals surface area contributed by atoms with Crippen LogP contribution in [-0.4, -0.2) is 23.2 Å². The van der Waals surface area contributed by atoms with Crippen LogP contribution in [0.25, 0.3) is 0 Å². The van der Waals surface area contributed by atoms with Gasteiger partial charge in [0.2, 0.25) is 0 Å². The summed E-state index contributed by atoms with van der Waals surface area (Å²) in [5.74, 6) is 0. The highest BCUT2D eigenvalue weighted by atomic mass is 35.5. The van der Waals surface area contributed by atoms with Crippen molar-refractivity contribution in [3.8, 4) is 0 Å². The number of ether oxygens (including phenoxy) is 2. The molecule has 1 aliphatic heterocycles. The van der Waals surface area contributed by atoms with Crippen LogP contribution in [-0.2, 0) is 9.47 Å². The molecule has 1 fully saturated rings. The van der Waals surface area contributed by atoms with Crippen LogP contribution in [0.5, 0.6) is 0 Å². The van der Waals surface area contributed by atoms with Crippen LogP contribution in [0.3, 0.4) is 0 Å². The van der Waals surface area contributed by atoms with Crippen LogP contribution in [0.2, 0.25) is 10.3 Å². The minimum Gasteiger partial charge on any atom is -0.348 e. The Morgan fingerprint density at radius 3 is 2.29 bits per heavy atom. The molecule has 0 unspecified atom stereocenters. The van der Waals surface area contributed by atoms with Gasteiger partial charge in [-0.05, 0) is 6.42 Å². The number of aromatic nitrogens is 2. The van der Waals surface area contributed by atoms with Gasteiger partial charge in [0.15, 0.2) is 6.29 Å². The zero-order valence-electron chi connectivity index (χ0n) is 7.24. The van der Waals surface area contributed by atoms with Crippen molar-refractivity contribution in [2.45, 2.75) is 12.7 Å². The fourth-order valence-electron chi connectivity index (χ4n) is 1.20. The van der Waals surface area contributed by atoms with Crippen LogP contribution in [0, 0.1) is 0 Å². The monoisotopic (exact) mass is 234 g/mol. The Kier molecular flexibility index (Phi) is 3.18. The van der Waals surface area contributed by atoms with Gasteiger partial charge >= 0.3 is 0 Å². The minimum absolute atomic E-state index is 0.275. The van der Waals surface area contributed by atoms with E-state index in [4.69, 9.17) is 32.7 Å². The summed E-state index contributed by atoms with van der Waals surface area (Å²) < 4.78 is 10.7. The van der Waals surface area contributed by atoms with Crippen molar-refractivity contribution in [2.75, 3.05) is 13.2 Å².